The first kappa shape index (κ1) is 10.3. The van der Waals surface area contributed by atoms with Gasteiger partial charge in [0.1, 0.15) is 4.60 Å². The maximum absolute atomic E-state index is 11.3. The van der Waals surface area contributed by atoms with Gasteiger partial charge in [0, 0.05) is 18.6 Å². The highest BCUT2D eigenvalue weighted by atomic mass is 79.9. The van der Waals surface area contributed by atoms with Crippen molar-refractivity contribution in [1.82, 2.24) is 20.1 Å². The zero-order chi connectivity index (χ0) is 10.8. The standard InChI is InChI=1S/C8H7BrN4OS/c1-10-7(14)5-2-3-13(12-5)8-11-6(9)4-15-8/h2-4H,1H3,(H,10,14). The van der Waals surface area contributed by atoms with Gasteiger partial charge in [0.05, 0.1) is 0 Å². The smallest absolute Gasteiger partial charge is 0.271 e. The Labute approximate surface area is 98.3 Å². The van der Waals surface area contributed by atoms with Crippen molar-refractivity contribution < 1.29 is 4.79 Å². The molecule has 0 aliphatic carbocycles. The minimum absolute atomic E-state index is 0.204. The van der Waals surface area contributed by atoms with Crippen LogP contribution in [0.2, 0.25) is 0 Å². The van der Waals surface area contributed by atoms with Crippen LogP contribution in [0.25, 0.3) is 5.13 Å². The van der Waals surface area contributed by atoms with Crippen LogP contribution in [0.3, 0.4) is 0 Å². The third-order valence-corrected chi connectivity index (χ3v) is 3.25. The molecule has 15 heavy (non-hydrogen) atoms. The van der Waals surface area contributed by atoms with Gasteiger partial charge in [0.15, 0.2) is 5.69 Å². The first-order chi connectivity index (χ1) is 7.20. The van der Waals surface area contributed by atoms with Gasteiger partial charge in [-0.25, -0.2) is 9.67 Å². The maximum atomic E-state index is 11.3. The van der Waals surface area contributed by atoms with Gasteiger partial charge >= 0.3 is 0 Å². The van der Waals surface area contributed by atoms with Gasteiger partial charge in [0.25, 0.3) is 5.91 Å². The second kappa shape index (κ2) is 4.11. The summed E-state index contributed by atoms with van der Waals surface area (Å²) in [6.45, 7) is 0. The van der Waals surface area contributed by atoms with Gasteiger partial charge in [-0.1, -0.05) is 0 Å². The molecule has 0 saturated heterocycles. The molecule has 0 aromatic carbocycles. The van der Waals surface area contributed by atoms with Crippen molar-refractivity contribution in [3.8, 4) is 5.13 Å². The van der Waals surface area contributed by atoms with Crippen molar-refractivity contribution in [3.63, 3.8) is 0 Å². The molecule has 0 bridgehead atoms. The molecule has 1 N–H and O–H groups in total. The van der Waals surface area contributed by atoms with E-state index < -0.39 is 0 Å². The van der Waals surface area contributed by atoms with Crippen LogP contribution in [0.15, 0.2) is 22.2 Å². The van der Waals surface area contributed by atoms with E-state index in [1.807, 2.05) is 5.38 Å². The summed E-state index contributed by atoms with van der Waals surface area (Å²) in [6.07, 6.45) is 1.70. The van der Waals surface area contributed by atoms with E-state index in [1.165, 1.54) is 11.3 Å². The van der Waals surface area contributed by atoms with Gasteiger partial charge in [-0.2, -0.15) is 5.10 Å². The van der Waals surface area contributed by atoms with E-state index in [0.29, 0.717) is 5.69 Å². The highest BCUT2D eigenvalue weighted by molar-refractivity contribution is 9.10. The summed E-state index contributed by atoms with van der Waals surface area (Å²) in [4.78, 5) is 15.4. The van der Waals surface area contributed by atoms with Crippen molar-refractivity contribution in [1.29, 1.82) is 0 Å². The van der Waals surface area contributed by atoms with Crippen molar-refractivity contribution >= 4 is 33.2 Å². The van der Waals surface area contributed by atoms with Crippen LogP contribution in [0, 0.1) is 0 Å². The third-order valence-electron chi connectivity index (χ3n) is 1.71. The number of aromatic nitrogens is 3. The summed E-state index contributed by atoms with van der Waals surface area (Å²) in [5, 5.41) is 9.18. The minimum atomic E-state index is -0.204. The van der Waals surface area contributed by atoms with E-state index in [-0.39, 0.29) is 5.91 Å². The number of carbonyl (C=O) groups is 1. The summed E-state index contributed by atoms with van der Waals surface area (Å²) in [6, 6.07) is 1.65. The Morgan fingerprint density at radius 2 is 2.47 bits per heavy atom. The summed E-state index contributed by atoms with van der Waals surface area (Å²) >= 11 is 4.70. The van der Waals surface area contributed by atoms with Gasteiger partial charge in [-0.05, 0) is 22.0 Å². The molecule has 7 heteroatoms. The van der Waals surface area contributed by atoms with Crippen LogP contribution in [-0.4, -0.2) is 27.7 Å². The van der Waals surface area contributed by atoms with Crippen LogP contribution >= 0.6 is 27.3 Å². The Hall–Kier alpha value is -1.21. The molecular formula is C8H7BrN4OS. The summed E-state index contributed by atoms with van der Waals surface area (Å²) in [7, 11) is 1.57. The van der Waals surface area contributed by atoms with Crippen molar-refractivity contribution in [3.05, 3.63) is 27.9 Å². The lowest BCUT2D eigenvalue weighted by molar-refractivity contribution is 0.0958. The Kier molecular flexibility index (Phi) is 2.83. The molecule has 0 aliphatic rings. The van der Waals surface area contributed by atoms with E-state index in [2.05, 4.69) is 31.3 Å². The molecule has 0 fully saturated rings. The summed E-state index contributed by atoms with van der Waals surface area (Å²) in [5.41, 5.74) is 0.379. The zero-order valence-electron chi connectivity index (χ0n) is 7.77. The zero-order valence-corrected chi connectivity index (χ0v) is 10.2. The predicted molar refractivity (Wildman–Crippen MR) is 60.3 cm³/mol. The Morgan fingerprint density at radius 3 is 3.07 bits per heavy atom. The monoisotopic (exact) mass is 286 g/mol. The Balaban J connectivity index is 2.31. The average molecular weight is 287 g/mol. The summed E-state index contributed by atoms with van der Waals surface area (Å²) < 4.78 is 2.33. The van der Waals surface area contributed by atoms with E-state index >= 15 is 0 Å². The molecule has 0 aliphatic heterocycles. The number of nitrogens with one attached hydrogen (secondary N) is 1. The molecule has 0 atom stereocenters. The number of carbonyl (C=O) groups excluding carboxylic acids is 1. The van der Waals surface area contributed by atoms with E-state index in [4.69, 9.17) is 0 Å². The molecule has 0 radical (unpaired) electrons. The average Bonchev–Trinajstić information content (AvgIpc) is 2.84. The first-order valence-electron chi connectivity index (χ1n) is 4.10. The highest BCUT2D eigenvalue weighted by Crippen LogP contribution is 2.18. The minimum Gasteiger partial charge on any atom is -0.354 e. The topological polar surface area (TPSA) is 59.8 Å². The number of halogens is 1. The molecule has 78 valence electrons. The number of amides is 1. The van der Waals surface area contributed by atoms with Gasteiger partial charge in [0.2, 0.25) is 5.13 Å². The molecule has 2 heterocycles. The number of rotatable bonds is 2. The largest absolute Gasteiger partial charge is 0.354 e. The second-order valence-electron chi connectivity index (χ2n) is 2.68. The fourth-order valence-electron chi connectivity index (χ4n) is 1.03. The molecule has 0 unspecified atom stereocenters. The number of hydrogen-bond donors (Lipinski definition) is 1. The van der Waals surface area contributed by atoms with Crippen molar-refractivity contribution in [2.45, 2.75) is 0 Å². The van der Waals surface area contributed by atoms with Crippen molar-refractivity contribution in [2.24, 2.45) is 0 Å². The van der Waals surface area contributed by atoms with Gasteiger partial charge < -0.3 is 5.32 Å². The summed E-state index contributed by atoms with van der Waals surface area (Å²) in [5.74, 6) is -0.204. The normalized spacial score (nSPS) is 10.3. The third kappa shape index (κ3) is 2.07. The van der Waals surface area contributed by atoms with Crippen LogP contribution in [-0.2, 0) is 0 Å². The molecule has 0 saturated carbocycles. The molecule has 2 aromatic rings. The lowest BCUT2D eigenvalue weighted by atomic mass is 10.4. The van der Waals surface area contributed by atoms with E-state index in [1.54, 1.807) is 24.0 Å². The lowest BCUT2D eigenvalue weighted by Crippen LogP contribution is -2.18. The van der Waals surface area contributed by atoms with Gasteiger partial charge in [-0.15, -0.1) is 11.3 Å². The number of nitrogens with zero attached hydrogens (tertiary/aromatic N) is 3. The number of thiazole rings is 1. The van der Waals surface area contributed by atoms with Crippen LogP contribution < -0.4 is 5.32 Å². The fourth-order valence-corrected chi connectivity index (χ4v) is 2.21. The van der Waals surface area contributed by atoms with Crippen LogP contribution in [0.1, 0.15) is 10.5 Å². The molecule has 0 spiro atoms. The van der Waals surface area contributed by atoms with Gasteiger partial charge in [-0.3, -0.25) is 4.79 Å². The van der Waals surface area contributed by atoms with Crippen LogP contribution in [0.4, 0.5) is 0 Å². The molecule has 5 nitrogen and oxygen atoms in total. The predicted octanol–water partition coefficient (Wildman–Crippen LogP) is 1.45. The van der Waals surface area contributed by atoms with Crippen molar-refractivity contribution in [2.75, 3.05) is 7.05 Å². The quantitative estimate of drug-likeness (QED) is 0.909. The molecule has 2 rings (SSSR count). The Morgan fingerprint density at radius 1 is 1.67 bits per heavy atom. The van der Waals surface area contributed by atoms with E-state index in [9.17, 15) is 4.79 Å². The molecule has 2 aromatic heterocycles. The second-order valence-corrected chi connectivity index (χ2v) is 4.33. The van der Waals surface area contributed by atoms with Crippen LogP contribution in [0.5, 0.6) is 0 Å². The number of hydrogen-bond acceptors (Lipinski definition) is 4. The van der Waals surface area contributed by atoms with E-state index in [0.717, 1.165) is 9.73 Å². The lowest BCUT2D eigenvalue weighted by Gasteiger charge is -1.94. The SMILES string of the molecule is CNC(=O)c1ccn(-c2nc(Br)cs2)n1. The molecule has 1 amide bonds. The molecular weight excluding hydrogens is 280 g/mol. The first-order valence-corrected chi connectivity index (χ1v) is 5.77. The highest BCUT2D eigenvalue weighted by Gasteiger charge is 2.09. The fraction of sp³-hybridized carbons (Fsp3) is 0.125. The maximum Gasteiger partial charge on any atom is 0.271 e. The Bertz CT molecular complexity index is 492.